The van der Waals surface area contributed by atoms with Crippen molar-refractivity contribution < 1.29 is 19.0 Å². The minimum absolute atomic E-state index is 0.0246. The quantitative estimate of drug-likeness (QED) is 0.734. The summed E-state index contributed by atoms with van der Waals surface area (Å²) in [6, 6.07) is 15.8. The first-order chi connectivity index (χ1) is 14.2. The number of piperidine rings is 1. The van der Waals surface area contributed by atoms with Crippen molar-refractivity contribution in [3.63, 3.8) is 0 Å². The fourth-order valence-corrected chi connectivity index (χ4v) is 3.50. The van der Waals surface area contributed by atoms with Gasteiger partial charge in [-0.3, -0.25) is 0 Å². The topological polar surface area (TPSA) is 60.0 Å². The third kappa shape index (κ3) is 6.12. The largest absolute Gasteiger partial charge is 0.493 e. The Balaban J connectivity index is 1.37. The summed E-state index contributed by atoms with van der Waals surface area (Å²) < 4.78 is 16.4. The van der Waals surface area contributed by atoms with Crippen LogP contribution in [0.1, 0.15) is 24.0 Å². The number of urea groups is 1. The van der Waals surface area contributed by atoms with Crippen LogP contribution in [0.15, 0.2) is 48.5 Å². The number of hydrogen-bond donors (Lipinski definition) is 1. The van der Waals surface area contributed by atoms with Crippen molar-refractivity contribution in [3.05, 3.63) is 59.7 Å². The average molecular weight is 399 g/mol. The number of hydrogen-bond acceptors (Lipinski definition) is 4. The molecule has 0 atom stereocenters. The standard InChI is InChI=1S/C23H30N2O4/c1-27-21-9-8-20(14-22(21)28-2)15-24-23(26)25-12-10-19(11-13-25)17-29-16-18-6-4-3-5-7-18/h3-9,14,19H,10-13,15-17H2,1-2H3,(H,24,26). The van der Waals surface area contributed by atoms with Crippen LogP contribution in [0.25, 0.3) is 0 Å². The predicted octanol–water partition coefficient (Wildman–Crippen LogP) is 3.84. The molecule has 1 fully saturated rings. The number of amides is 2. The lowest BCUT2D eigenvalue weighted by molar-refractivity contribution is 0.0629. The molecule has 2 aromatic carbocycles. The summed E-state index contributed by atoms with van der Waals surface area (Å²) in [6.45, 7) is 3.37. The first-order valence-corrected chi connectivity index (χ1v) is 10.0. The second-order valence-corrected chi connectivity index (χ2v) is 7.28. The molecular formula is C23H30N2O4. The van der Waals surface area contributed by atoms with Crippen molar-refractivity contribution >= 4 is 6.03 Å². The zero-order valence-corrected chi connectivity index (χ0v) is 17.2. The zero-order valence-electron chi connectivity index (χ0n) is 17.2. The molecule has 0 aromatic heterocycles. The van der Waals surface area contributed by atoms with Crippen molar-refractivity contribution in [2.24, 2.45) is 5.92 Å². The average Bonchev–Trinajstić information content (AvgIpc) is 2.78. The second-order valence-electron chi connectivity index (χ2n) is 7.28. The Kier molecular flexibility index (Phi) is 7.76. The summed E-state index contributed by atoms with van der Waals surface area (Å²) in [4.78, 5) is 14.4. The number of nitrogens with zero attached hydrogens (tertiary/aromatic N) is 1. The van der Waals surface area contributed by atoms with E-state index in [-0.39, 0.29) is 6.03 Å². The van der Waals surface area contributed by atoms with Gasteiger partial charge >= 0.3 is 6.03 Å². The van der Waals surface area contributed by atoms with E-state index in [4.69, 9.17) is 14.2 Å². The van der Waals surface area contributed by atoms with Crippen LogP contribution < -0.4 is 14.8 Å². The van der Waals surface area contributed by atoms with Crippen molar-refractivity contribution in [2.45, 2.75) is 26.0 Å². The molecule has 0 bridgehead atoms. The molecule has 3 rings (SSSR count). The van der Waals surface area contributed by atoms with Crippen LogP contribution in [0.3, 0.4) is 0 Å². The number of benzene rings is 2. The number of rotatable bonds is 8. The van der Waals surface area contributed by atoms with E-state index in [2.05, 4.69) is 17.4 Å². The van der Waals surface area contributed by atoms with Crippen molar-refractivity contribution in [3.8, 4) is 11.5 Å². The molecule has 156 valence electrons. The van der Waals surface area contributed by atoms with Gasteiger partial charge in [-0.1, -0.05) is 36.4 Å². The molecule has 1 saturated heterocycles. The lowest BCUT2D eigenvalue weighted by Gasteiger charge is -2.32. The van der Waals surface area contributed by atoms with E-state index >= 15 is 0 Å². The number of likely N-dealkylation sites (tertiary alicyclic amines) is 1. The summed E-state index contributed by atoms with van der Waals surface area (Å²) in [7, 11) is 3.21. The predicted molar refractivity (Wildman–Crippen MR) is 112 cm³/mol. The number of nitrogens with one attached hydrogen (secondary N) is 1. The summed E-state index contributed by atoms with van der Waals surface area (Å²) in [6.07, 6.45) is 1.94. The summed E-state index contributed by atoms with van der Waals surface area (Å²) in [5, 5.41) is 3.00. The molecule has 2 amide bonds. The maximum Gasteiger partial charge on any atom is 0.317 e. The van der Waals surface area contributed by atoms with Gasteiger partial charge in [-0.15, -0.1) is 0 Å². The minimum Gasteiger partial charge on any atom is -0.493 e. The fraction of sp³-hybridized carbons (Fsp3) is 0.435. The highest BCUT2D eigenvalue weighted by molar-refractivity contribution is 5.74. The Bertz CT molecular complexity index is 774. The molecule has 6 heteroatoms. The van der Waals surface area contributed by atoms with E-state index in [0.717, 1.165) is 38.1 Å². The van der Waals surface area contributed by atoms with E-state index in [1.165, 1.54) is 5.56 Å². The molecule has 0 spiro atoms. The van der Waals surface area contributed by atoms with Crippen molar-refractivity contribution in [1.29, 1.82) is 0 Å². The Morgan fingerprint density at radius 3 is 2.41 bits per heavy atom. The Labute approximate surface area is 172 Å². The smallest absolute Gasteiger partial charge is 0.317 e. The maximum atomic E-state index is 12.5. The van der Waals surface area contributed by atoms with Gasteiger partial charge < -0.3 is 24.4 Å². The SMILES string of the molecule is COc1ccc(CNC(=O)N2CCC(COCc3ccccc3)CC2)cc1OC. The number of ether oxygens (including phenoxy) is 3. The lowest BCUT2D eigenvalue weighted by atomic mass is 9.98. The van der Waals surface area contributed by atoms with Crippen LogP contribution in [-0.4, -0.2) is 44.8 Å². The highest BCUT2D eigenvalue weighted by Gasteiger charge is 2.22. The second kappa shape index (κ2) is 10.7. The van der Waals surface area contributed by atoms with E-state index in [1.54, 1.807) is 14.2 Å². The van der Waals surface area contributed by atoms with E-state index < -0.39 is 0 Å². The molecule has 2 aromatic rings. The molecule has 6 nitrogen and oxygen atoms in total. The van der Waals surface area contributed by atoms with Crippen molar-refractivity contribution in [2.75, 3.05) is 33.9 Å². The maximum absolute atomic E-state index is 12.5. The van der Waals surface area contributed by atoms with Gasteiger partial charge in [-0.25, -0.2) is 4.79 Å². The van der Waals surface area contributed by atoms with Crippen LogP contribution in [-0.2, 0) is 17.9 Å². The summed E-state index contributed by atoms with van der Waals surface area (Å²) >= 11 is 0. The third-order valence-electron chi connectivity index (χ3n) is 5.26. The van der Waals surface area contributed by atoms with Crippen molar-refractivity contribution in [1.82, 2.24) is 10.2 Å². The van der Waals surface area contributed by atoms with E-state index in [9.17, 15) is 4.79 Å². The van der Waals surface area contributed by atoms with Gasteiger partial charge in [0.25, 0.3) is 0 Å². The molecule has 0 saturated carbocycles. The van der Waals surface area contributed by atoms with E-state index in [1.807, 2.05) is 41.3 Å². The first-order valence-electron chi connectivity index (χ1n) is 10.0. The molecule has 29 heavy (non-hydrogen) atoms. The normalized spacial score (nSPS) is 14.5. The van der Waals surface area contributed by atoms with Crippen LogP contribution in [0.5, 0.6) is 11.5 Å². The molecule has 1 aliphatic heterocycles. The van der Waals surface area contributed by atoms with Gasteiger partial charge in [0.2, 0.25) is 0 Å². The van der Waals surface area contributed by atoms with Gasteiger partial charge in [0.15, 0.2) is 11.5 Å². The number of carbonyl (C=O) groups is 1. The Morgan fingerprint density at radius 1 is 1.00 bits per heavy atom. The molecule has 0 radical (unpaired) electrons. The van der Waals surface area contributed by atoms with Crippen LogP contribution in [0.4, 0.5) is 4.79 Å². The molecule has 0 aliphatic carbocycles. The van der Waals surface area contributed by atoms with Crippen LogP contribution in [0.2, 0.25) is 0 Å². The molecule has 1 aliphatic rings. The monoisotopic (exact) mass is 398 g/mol. The fourth-order valence-electron chi connectivity index (χ4n) is 3.50. The van der Waals surface area contributed by atoms with Gasteiger partial charge in [-0.2, -0.15) is 0 Å². The Hall–Kier alpha value is -2.73. The Morgan fingerprint density at radius 2 is 1.72 bits per heavy atom. The van der Waals surface area contributed by atoms with Gasteiger partial charge in [-0.05, 0) is 42.0 Å². The van der Waals surface area contributed by atoms with Crippen LogP contribution >= 0.6 is 0 Å². The van der Waals surface area contributed by atoms with E-state index in [0.29, 0.717) is 30.6 Å². The highest BCUT2D eigenvalue weighted by Crippen LogP contribution is 2.27. The molecule has 1 N–H and O–H groups in total. The summed E-state index contributed by atoms with van der Waals surface area (Å²) in [5.41, 5.74) is 2.17. The molecule has 0 unspecified atom stereocenters. The zero-order chi connectivity index (χ0) is 20.5. The molecule has 1 heterocycles. The summed E-state index contributed by atoms with van der Waals surface area (Å²) in [5.74, 6) is 1.85. The van der Waals surface area contributed by atoms with Crippen LogP contribution in [0, 0.1) is 5.92 Å². The molecular weight excluding hydrogens is 368 g/mol. The lowest BCUT2D eigenvalue weighted by Crippen LogP contribution is -2.44. The van der Waals surface area contributed by atoms with Gasteiger partial charge in [0.05, 0.1) is 20.8 Å². The van der Waals surface area contributed by atoms with Gasteiger partial charge in [0.1, 0.15) is 0 Å². The number of methoxy groups -OCH3 is 2. The van der Waals surface area contributed by atoms with Gasteiger partial charge in [0, 0.05) is 26.2 Å². The minimum atomic E-state index is -0.0246. The first kappa shape index (κ1) is 21.0. The third-order valence-corrected chi connectivity index (χ3v) is 5.26. The number of carbonyl (C=O) groups excluding carboxylic acids is 1. The highest BCUT2D eigenvalue weighted by atomic mass is 16.5.